The molecule has 0 aliphatic heterocycles. The highest BCUT2D eigenvalue weighted by Crippen LogP contribution is 2.29. The third-order valence-corrected chi connectivity index (χ3v) is 3.78. The highest BCUT2D eigenvalue weighted by atomic mass is 32.1. The summed E-state index contributed by atoms with van der Waals surface area (Å²) in [6.07, 6.45) is 5.57. The van der Waals surface area contributed by atoms with Crippen molar-refractivity contribution in [3.63, 3.8) is 0 Å². The Labute approximate surface area is 116 Å². The molecule has 1 nitrogen and oxygen atoms in total. The molecule has 0 saturated heterocycles. The third-order valence-electron chi connectivity index (χ3n) is 2.90. The first-order valence-corrected chi connectivity index (χ1v) is 6.39. The minimum atomic E-state index is 0.833. The van der Waals surface area contributed by atoms with E-state index in [9.17, 15) is 0 Å². The molecule has 0 amide bonds. The Morgan fingerprint density at radius 3 is 2.11 bits per heavy atom. The van der Waals surface area contributed by atoms with E-state index < -0.39 is 0 Å². The van der Waals surface area contributed by atoms with Crippen LogP contribution < -0.4 is 0 Å². The highest BCUT2D eigenvalue weighted by Gasteiger charge is 2.25. The monoisotopic (exact) mass is 267 g/mol. The fourth-order valence-electron chi connectivity index (χ4n) is 2.03. The first kappa shape index (κ1) is 11.4. The molecule has 1 heterocycles. The lowest BCUT2D eigenvalue weighted by Crippen LogP contribution is -1.97. The van der Waals surface area contributed by atoms with Gasteiger partial charge in [-0.3, -0.25) is 4.98 Å². The fraction of sp³-hybridized carbons (Fsp3) is 0. The number of rotatable bonds is 1. The number of pyridine rings is 1. The molecule has 0 atom stereocenters. The predicted octanol–water partition coefficient (Wildman–Crippen LogP) is 3.61. The molecule has 1 aliphatic rings. The minimum absolute atomic E-state index is 0.833. The van der Waals surface area contributed by atoms with Gasteiger partial charge in [-0.2, -0.15) is 0 Å². The molecular formula is C15H9NS2. The molecule has 0 N–H and O–H groups in total. The van der Waals surface area contributed by atoms with Crippen LogP contribution in [0.25, 0.3) is 6.08 Å². The number of nitrogens with zero attached hydrogens (tertiary/aromatic N) is 1. The Kier molecular flexibility index (Phi) is 2.86. The van der Waals surface area contributed by atoms with Gasteiger partial charge in [-0.25, -0.2) is 0 Å². The van der Waals surface area contributed by atoms with Crippen molar-refractivity contribution in [2.24, 2.45) is 0 Å². The molecule has 2 aromatic rings. The maximum Gasteiger partial charge on any atom is 0.0543 e. The van der Waals surface area contributed by atoms with Crippen LogP contribution in [0.5, 0.6) is 0 Å². The topological polar surface area (TPSA) is 12.9 Å². The van der Waals surface area contributed by atoms with E-state index in [-0.39, 0.29) is 0 Å². The van der Waals surface area contributed by atoms with Gasteiger partial charge in [0.2, 0.25) is 0 Å². The molecule has 0 bridgehead atoms. The molecule has 3 heteroatoms. The summed E-state index contributed by atoms with van der Waals surface area (Å²) in [5.41, 5.74) is 4.10. The lowest BCUT2D eigenvalue weighted by atomic mass is 10.1. The van der Waals surface area contributed by atoms with Crippen LogP contribution in [0.3, 0.4) is 0 Å². The fourth-order valence-corrected chi connectivity index (χ4v) is 2.77. The Morgan fingerprint density at radius 1 is 0.889 bits per heavy atom. The predicted molar refractivity (Wildman–Crippen MR) is 82.1 cm³/mol. The second-order valence-electron chi connectivity index (χ2n) is 4.05. The molecule has 1 aromatic heterocycles. The second kappa shape index (κ2) is 4.52. The summed E-state index contributed by atoms with van der Waals surface area (Å²) in [5, 5.41) is 0. The Balaban J connectivity index is 2.10. The van der Waals surface area contributed by atoms with Crippen molar-refractivity contribution in [3.8, 4) is 0 Å². The summed E-state index contributed by atoms with van der Waals surface area (Å²) >= 11 is 11.0. The van der Waals surface area contributed by atoms with Crippen molar-refractivity contribution < 1.29 is 0 Å². The molecule has 0 fully saturated rings. The molecule has 86 valence electrons. The van der Waals surface area contributed by atoms with E-state index in [0.717, 1.165) is 32.0 Å². The Morgan fingerprint density at radius 2 is 1.56 bits per heavy atom. The van der Waals surface area contributed by atoms with Crippen molar-refractivity contribution in [1.82, 2.24) is 4.98 Å². The van der Waals surface area contributed by atoms with Crippen molar-refractivity contribution in [3.05, 3.63) is 71.1 Å². The molecule has 1 aromatic carbocycles. The largest absolute Gasteiger partial charge is 0.264 e. The molecule has 0 unspecified atom stereocenters. The number of hydrogen-bond acceptors (Lipinski definition) is 3. The minimum Gasteiger partial charge on any atom is -0.264 e. The maximum absolute atomic E-state index is 5.50. The number of aromatic nitrogens is 1. The number of benzene rings is 1. The van der Waals surface area contributed by atoms with Crippen LogP contribution in [-0.2, 0) is 0 Å². The zero-order chi connectivity index (χ0) is 12.5. The summed E-state index contributed by atoms with van der Waals surface area (Å²) in [4.78, 5) is 5.76. The van der Waals surface area contributed by atoms with E-state index in [4.69, 9.17) is 24.4 Å². The van der Waals surface area contributed by atoms with Crippen LogP contribution >= 0.6 is 24.4 Å². The molecular weight excluding hydrogens is 258 g/mol. The SMILES string of the molecule is S=C1C(=Cc2cccnc2)C(=S)c2ccccc21. The zero-order valence-electron chi connectivity index (χ0n) is 9.46. The van der Waals surface area contributed by atoms with E-state index in [2.05, 4.69) is 4.98 Å². The van der Waals surface area contributed by atoms with E-state index in [1.54, 1.807) is 12.4 Å². The molecule has 0 radical (unpaired) electrons. The van der Waals surface area contributed by atoms with Crippen LogP contribution in [0.1, 0.15) is 16.7 Å². The van der Waals surface area contributed by atoms with E-state index >= 15 is 0 Å². The molecule has 0 saturated carbocycles. The van der Waals surface area contributed by atoms with Crippen molar-refractivity contribution >= 4 is 40.2 Å². The summed E-state index contributed by atoms with van der Waals surface area (Å²) in [7, 11) is 0. The van der Waals surface area contributed by atoms with E-state index in [1.165, 1.54) is 0 Å². The normalized spacial score (nSPS) is 13.7. The number of hydrogen-bond donors (Lipinski definition) is 0. The second-order valence-corrected chi connectivity index (χ2v) is 4.86. The number of allylic oxidation sites excluding steroid dienone is 1. The van der Waals surface area contributed by atoms with Gasteiger partial charge in [0.15, 0.2) is 0 Å². The van der Waals surface area contributed by atoms with Crippen molar-refractivity contribution in [2.45, 2.75) is 0 Å². The van der Waals surface area contributed by atoms with Gasteiger partial charge in [0.25, 0.3) is 0 Å². The summed E-state index contributed by atoms with van der Waals surface area (Å²) in [6.45, 7) is 0. The van der Waals surface area contributed by atoms with Crippen molar-refractivity contribution in [1.29, 1.82) is 0 Å². The Bertz CT molecular complexity index is 635. The van der Waals surface area contributed by atoms with Gasteiger partial charge in [-0.1, -0.05) is 54.8 Å². The van der Waals surface area contributed by atoms with Crippen LogP contribution in [-0.4, -0.2) is 14.7 Å². The van der Waals surface area contributed by atoms with Crippen molar-refractivity contribution in [2.75, 3.05) is 0 Å². The van der Waals surface area contributed by atoms with Gasteiger partial charge in [0.1, 0.15) is 0 Å². The first-order chi connectivity index (χ1) is 8.77. The van der Waals surface area contributed by atoms with Crippen LogP contribution in [0.15, 0.2) is 54.4 Å². The number of fused-ring (bicyclic) bond motifs is 1. The van der Waals surface area contributed by atoms with Gasteiger partial charge < -0.3 is 0 Å². The van der Waals surface area contributed by atoms with E-state index in [1.807, 2.05) is 42.5 Å². The highest BCUT2D eigenvalue weighted by molar-refractivity contribution is 7.84. The van der Waals surface area contributed by atoms with Crippen LogP contribution in [0.2, 0.25) is 0 Å². The number of thiocarbonyl (C=S) groups is 2. The summed E-state index contributed by atoms with van der Waals surface area (Å²) in [6, 6.07) is 11.9. The lowest BCUT2D eigenvalue weighted by Gasteiger charge is -1.98. The van der Waals surface area contributed by atoms with Gasteiger partial charge in [-0.05, 0) is 17.7 Å². The standard InChI is InChI=1S/C15H9NS2/c17-14-11-5-1-2-6-12(11)15(18)13(14)8-10-4-3-7-16-9-10/h1-9H. The third kappa shape index (κ3) is 1.82. The quantitative estimate of drug-likeness (QED) is 0.578. The lowest BCUT2D eigenvalue weighted by molar-refractivity contribution is 1.32. The maximum atomic E-state index is 5.50. The first-order valence-electron chi connectivity index (χ1n) is 5.57. The zero-order valence-corrected chi connectivity index (χ0v) is 11.1. The van der Waals surface area contributed by atoms with Crippen LogP contribution in [0.4, 0.5) is 0 Å². The summed E-state index contributed by atoms with van der Waals surface area (Å²) < 4.78 is 0. The van der Waals surface area contributed by atoms with Gasteiger partial charge in [0, 0.05) is 29.1 Å². The average molecular weight is 267 g/mol. The molecule has 18 heavy (non-hydrogen) atoms. The molecule has 3 rings (SSSR count). The smallest absolute Gasteiger partial charge is 0.0543 e. The van der Waals surface area contributed by atoms with Gasteiger partial charge in [0.05, 0.1) is 9.73 Å². The Hall–Kier alpha value is -1.71. The average Bonchev–Trinajstić information content (AvgIpc) is 2.66. The van der Waals surface area contributed by atoms with Gasteiger partial charge in [-0.15, -0.1) is 0 Å². The summed E-state index contributed by atoms with van der Waals surface area (Å²) in [5.74, 6) is 0. The molecule has 0 spiro atoms. The van der Waals surface area contributed by atoms with Gasteiger partial charge >= 0.3 is 0 Å². The van der Waals surface area contributed by atoms with Crippen LogP contribution in [0, 0.1) is 0 Å². The van der Waals surface area contributed by atoms with E-state index in [0.29, 0.717) is 0 Å². The molecule has 1 aliphatic carbocycles.